The van der Waals surface area contributed by atoms with Crippen LogP contribution in [0.4, 0.5) is 5.82 Å². The average molecular weight is 527 g/mol. The summed E-state index contributed by atoms with van der Waals surface area (Å²) in [6.45, 7) is 13.1. The molecule has 0 N–H and O–H groups in total. The molecule has 0 bridgehead atoms. The highest BCUT2D eigenvalue weighted by atomic mass is 32.2. The Morgan fingerprint density at radius 1 is 1.19 bits per heavy atom. The number of carbonyl (C=O) groups excluding carboxylic acids is 1. The number of rotatable bonds is 8. The lowest BCUT2D eigenvalue weighted by molar-refractivity contribution is -0.122. The molecule has 0 aliphatic carbocycles. The second kappa shape index (κ2) is 11.5. The van der Waals surface area contributed by atoms with Crippen LogP contribution in [-0.4, -0.2) is 44.1 Å². The fraction of sp³-hybridized carbons (Fsp3) is 0.571. The van der Waals surface area contributed by atoms with E-state index in [0.29, 0.717) is 50.6 Å². The molecule has 3 unspecified atom stereocenters. The summed E-state index contributed by atoms with van der Waals surface area (Å²) in [5.41, 5.74) is 1.93. The van der Waals surface area contributed by atoms with Gasteiger partial charge in [0.15, 0.2) is 0 Å². The molecule has 0 radical (unpaired) electrons. The zero-order valence-electron chi connectivity index (χ0n) is 22.1. The number of pyridine rings is 1. The van der Waals surface area contributed by atoms with E-state index < -0.39 is 0 Å². The smallest absolute Gasteiger partial charge is 0.267 e. The molecule has 3 atom stereocenters. The van der Waals surface area contributed by atoms with Crippen LogP contribution in [0.5, 0.6) is 0 Å². The molecule has 1 amide bonds. The SMILES string of the molecule is CCCCC(CC)CN1C(=O)/C(=C/c2c(N3CC(C)CC(C)C3)nc3ccc(C)cn3c2=O)SC1=S. The Morgan fingerprint density at radius 2 is 1.92 bits per heavy atom. The number of thiocarbonyl (C=S) groups is 1. The van der Waals surface area contributed by atoms with Gasteiger partial charge in [-0.2, -0.15) is 0 Å². The van der Waals surface area contributed by atoms with Gasteiger partial charge >= 0.3 is 0 Å². The summed E-state index contributed by atoms with van der Waals surface area (Å²) in [5, 5.41) is 0. The average Bonchev–Trinajstić information content (AvgIpc) is 3.10. The molecule has 4 rings (SSSR count). The van der Waals surface area contributed by atoms with Crippen LogP contribution in [-0.2, 0) is 4.79 Å². The second-order valence-corrected chi connectivity index (χ2v) is 12.3. The third-order valence-corrected chi connectivity index (χ3v) is 8.66. The Labute approximate surface area is 224 Å². The Balaban J connectivity index is 1.75. The number of aromatic nitrogens is 2. The fourth-order valence-corrected chi connectivity index (χ4v) is 6.67. The van der Waals surface area contributed by atoms with Gasteiger partial charge in [-0.1, -0.05) is 77.0 Å². The molecule has 2 aliphatic heterocycles. The first-order chi connectivity index (χ1) is 17.2. The fourth-order valence-electron chi connectivity index (χ4n) is 5.41. The summed E-state index contributed by atoms with van der Waals surface area (Å²) < 4.78 is 2.17. The van der Waals surface area contributed by atoms with Gasteiger partial charge in [0, 0.05) is 25.8 Å². The van der Waals surface area contributed by atoms with Gasteiger partial charge in [0.1, 0.15) is 15.8 Å². The topological polar surface area (TPSA) is 57.9 Å². The van der Waals surface area contributed by atoms with E-state index in [1.165, 1.54) is 11.8 Å². The van der Waals surface area contributed by atoms with Crippen molar-refractivity contribution in [3.63, 3.8) is 0 Å². The number of hydrogen-bond acceptors (Lipinski definition) is 6. The van der Waals surface area contributed by atoms with Gasteiger partial charge in [0.2, 0.25) is 0 Å². The minimum atomic E-state index is -0.149. The second-order valence-electron chi connectivity index (χ2n) is 10.6. The highest BCUT2D eigenvalue weighted by Crippen LogP contribution is 2.35. The maximum Gasteiger partial charge on any atom is 0.267 e. The van der Waals surface area contributed by atoms with Crippen molar-refractivity contribution in [2.24, 2.45) is 17.8 Å². The molecule has 2 aliphatic rings. The largest absolute Gasteiger partial charge is 0.355 e. The summed E-state index contributed by atoms with van der Waals surface area (Å²) in [6.07, 6.45) is 9.12. The van der Waals surface area contributed by atoms with Crippen LogP contribution in [0.1, 0.15) is 70.9 Å². The van der Waals surface area contributed by atoms with E-state index in [-0.39, 0.29) is 11.5 Å². The molecule has 194 valence electrons. The molecular weight excluding hydrogens is 488 g/mol. The van der Waals surface area contributed by atoms with Crippen molar-refractivity contribution in [3.8, 4) is 0 Å². The number of thioether (sulfide) groups is 1. The Kier molecular flexibility index (Phi) is 8.56. The predicted octanol–water partition coefficient (Wildman–Crippen LogP) is 5.90. The van der Waals surface area contributed by atoms with Gasteiger partial charge in [0.25, 0.3) is 11.5 Å². The summed E-state index contributed by atoms with van der Waals surface area (Å²) in [4.78, 5) is 36.7. The first kappa shape index (κ1) is 26.9. The van der Waals surface area contributed by atoms with E-state index in [1.54, 1.807) is 15.4 Å². The van der Waals surface area contributed by atoms with Gasteiger partial charge in [0.05, 0.1) is 10.5 Å². The number of hydrogen-bond donors (Lipinski definition) is 0. The van der Waals surface area contributed by atoms with Crippen LogP contribution in [0.3, 0.4) is 0 Å². The number of nitrogens with zero attached hydrogens (tertiary/aromatic N) is 4. The van der Waals surface area contributed by atoms with Gasteiger partial charge in [-0.3, -0.25) is 18.9 Å². The van der Waals surface area contributed by atoms with E-state index in [1.807, 2.05) is 25.3 Å². The van der Waals surface area contributed by atoms with Crippen molar-refractivity contribution < 1.29 is 4.79 Å². The highest BCUT2D eigenvalue weighted by Gasteiger charge is 2.34. The van der Waals surface area contributed by atoms with Crippen LogP contribution in [0.15, 0.2) is 28.0 Å². The lowest BCUT2D eigenvalue weighted by Gasteiger charge is -2.36. The number of unbranched alkanes of at least 4 members (excludes halogenated alkanes) is 1. The zero-order chi connectivity index (χ0) is 26.0. The molecule has 0 aromatic carbocycles. The molecular formula is C28H38N4O2S2. The number of anilines is 1. The maximum absolute atomic E-state index is 13.8. The normalized spacial score (nSPS) is 22.8. The van der Waals surface area contributed by atoms with Crippen molar-refractivity contribution in [2.75, 3.05) is 24.5 Å². The van der Waals surface area contributed by atoms with Crippen molar-refractivity contribution in [1.29, 1.82) is 0 Å². The van der Waals surface area contributed by atoms with E-state index in [2.05, 4.69) is 32.6 Å². The Morgan fingerprint density at radius 3 is 2.58 bits per heavy atom. The van der Waals surface area contributed by atoms with Crippen LogP contribution >= 0.6 is 24.0 Å². The van der Waals surface area contributed by atoms with Crippen molar-refractivity contribution in [1.82, 2.24) is 14.3 Å². The summed E-state index contributed by atoms with van der Waals surface area (Å²) >= 11 is 6.92. The molecule has 2 aromatic rings. The van der Waals surface area contributed by atoms with Gasteiger partial charge in [-0.05, 0) is 55.2 Å². The molecule has 36 heavy (non-hydrogen) atoms. The quantitative estimate of drug-likeness (QED) is 0.315. The first-order valence-electron chi connectivity index (χ1n) is 13.2. The van der Waals surface area contributed by atoms with E-state index in [9.17, 15) is 9.59 Å². The minimum absolute atomic E-state index is 0.0972. The third kappa shape index (κ3) is 5.70. The van der Waals surface area contributed by atoms with Gasteiger partial charge in [-0.15, -0.1) is 0 Å². The van der Waals surface area contributed by atoms with Crippen LogP contribution in [0, 0.1) is 24.7 Å². The van der Waals surface area contributed by atoms with Crippen LogP contribution in [0.2, 0.25) is 0 Å². The molecule has 8 heteroatoms. The summed E-state index contributed by atoms with van der Waals surface area (Å²) in [5.74, 6) is 2.01. The predicted molar refractivity (Wildman–Crippen MR) is 155 cm³/mol. The molecule has 6 nitrogen and oxygen atoms in total. The molecule has 0 spiro atoms. The lowest BCUT2D eigenvalue weighted by atomic mass is 9.91. The van der Waals surface area contributed by atoms with Crippen LogP contribution in [0.25, 0.3) is 11.7 Å². The first-order valence-corrected chi connectivity index (χ1v) is 14.5. The molecule has 2 saturated heterocycles. The monoisotopic (exact) mass is 526 g/mol. The minimum Gasteiger partial charge on any atom is -0.355 e. The zero-order valence-corrected chi connectivity index (χ0v) is 23.8. The number of carbonyl (C=O) groups is 1. The number of piperidine rings is 1. The molecule has 2 fully saturated rings. The third-order valence-electron chi connectivity index (χ3n) is 7.29. The van der Waals surface area contributed by atoms with Gasteiger partial charge in [-0.25, -0.2) is 4.98 Å². The van der Waals surface area contributed by atoms with E-state index in [0.717, 1.165) is 50.8 Å². The van der Waals surface area contributed by atoms with Crippen molar-refractivity contribution in [2.45, 2.75) is 66.7 Å². The number of amides is 1. The van der Waals surface area contributed by atoms with E-state index >= 15 is 0 Å². The summed E-state index contributed by atoms with van der Waals surface area (Å²) in [6, 6.07) is 3.86. The Hall–Kier alpha value is -2.19. The van der Waals surface area contributed by atoms with Crippen molar-refractivity contribution in [3.05, 3.63) is 44.7 Å². The highest BCUT2D eigenvalue weighted by molar-refractivity contribution is 8.26. The van der Waals surface area contributed by atoms with Crippen molar-refractivity contribution >= 4 is 51.7 Å². The van der Waals surface area contributed by atoms with Gasteiger partial charge < -0.3 is 4.90 Å². The molecule has 2 aromatic heterocycles. The Bertz CT molecular complexity index is 1230. The molecule has 0 saturated carbocycles. The standard InChI is InChI=1S/C28H38N4O2S2/c1-6-8-9-21(7-2)17-32-27(34)23(36-28(32)35)13-22-25(30-14-19(4)12-20(5)15-30)29-24-11-10-18(3)16-31(24)26(22)33/h10-11,13,16,19-21H,6-9,12,14-15,17H2,1-5H3/b23-13-. The van der Waals surface area contributed by atoms with Crippen LogP contribution < -0.4 is 10.5 Å². The maximum atomic E-state index is 13.8. The molecule has 4 heterocycles. The number of fused-ring (bicyclic) bond motifs is 1. The van der Waals surface area contributed by atoms with E-state index in [4.69, 9.17) is 17.2 Å². The number of aryl methyl sites for hydroxylation is 1. The lowest BCUT2D eigenvalue weighted by Crippen LogP contribution is -2.40. The summed E-state index contributed by atoms with van der Waals surface area (Å²) in [7, 11) is 0.